The molecule has 3 heterocycles. The lowest BCUT2D eigenvalue weighted by molar-refractivity contribution is -0.137. The first-order chi connectivity index (χ1) is 10.8. The number of aryl methyl sites for hydroxylation is 1. The van der Waals surface area contributed by atoms with Crippen LogP contribution in [0.3, 0.4) is 0 Å². The molecule has 0 fully saturated rings. The third-order valence-electron chi connectivity index (χ3n) is 3.32. The lowest BCUT2D eigenvalue weighted by Crippen LogP contribution is -2.07. The Morgan fingerprint density at radius 2 is 2.00 bits per heavy atom. The molecule has 0 amide bonds. The zero-order valence-electron chi connectivity index (χ0n) is 12.0. The van der Waals surface area contributed by atoms with E-state index in [0.717, 1.165) is 23.5 Å². The topological polar surface area (TPSA) is 47.3 Å². The molecule has 8 heteroatoms. The molecule has 0 bridgehead atoms. The van der Waals surface area contributed by atoms with Crippen LogP contribution in [0.25, 0.3) is 5.65 Å². The van der Waals surface area contributed by atoms with Crippen molar-refractivity contribution in [2.45, 2.75) is 23.9 Å². The number of alkyl halides is 3. The van der Waals surface area contributed by atoms with Gasteiger partial charge in [0, 0.05) is 18.1 Å². The second kappa shape index (κ2) is 5.77. The average molecular weight is 339 g/mol. The van der Waals surface area contributed by atoms with E-state index in [9.17, 15) is 17.4 Å². The molecule has 0 radical (unpaired) electrons. The molecule has 4 nitrogen and oxygen atoms in total. The zero-order chi connectivity index (χ0) is 16.6. The number of nitrogens with zero attached hydrogens (tertiary/aromatic N) is 3. The Kier molecular flexibility index (Phi) is 3.93. The highest BCUT2D eigenvalue weighted by Crippen LogP contribution is 2.28. The summed E-state index contributed by atoms with van der Waals surface area (Å²) in [6.45, 7) is 1.92. The van der Waals surface area contributed by atoms with E-state index in [1.807, 2.05) is 29.5 Å². The van der Waals surface area contributed by atoms with Crippen molar-refractivity contribution in [1.82, 2.24) is 14.4 Å². The summed E-state index contributed by atoms with van der Waals surface area (Å²) < 4.78 is 51.6. The normalized spacial score (nSPS) is 13.4. The third kappa shape index (κ3) is 3.26. The monoisotopic (exact) mass is 339 g/mol. The Labute approximate surface area is 132 Å². The van der Waals surface area contributed by atoms with Crippen LogP contribution in [0.2, 0.25) is 0 Å². The highest BCUT2D eigenvalue weighted by molar-refractivity contribution is 7.84. The Morgan fingerprint density at radius 3 is 2.61 bits per heavy atom. The number of halogens is 3. The van der Waals surface area contributed by atoms with Crippen LogP contribution in [0.15, 0.2) is 47.8 Å². The molecule has 3 rings (SSSR count). The van der Waals surface area contributed by atoms with E-state index in [1.54, 1.807) is 6.20 Å². The van der Waals surface area contributed by atoms with Gasteiger partial charge in [0.15, 0.2) is 0 Å². The Bertz CT molecular complexity index is 872. The fourth-order valence-corrected chi connectivity index (χ4v) is 3.10. The third-order valence-corrected chi connectivity index (χ3v) is 4.59. The minimum atomic E-state index is -4.45. The predicted molar refractivity (Wildman–Crippen MR) is 79.3 cm³/mol. The lowest BCUT2D eigenvalue weighted by atomic mass is 10.3. The van der Waals surface area contributed by atoms with Gasteiger partial charge in [0.05, 0.1) is 27.8 Å². The zero-order valence-corrected chi connectivity index (χ0v) is 12.9. The van der Waals surface area contributed by atoms with Gasteiger partial charge in [-0.15, -0.1) is 0 Å². The number of hydrogen-bond donors (Lipinski definition) is 0. The molecular weight excluding hydrogens is 327 g/mol. The van der Waals surface area contributed by atoms with Crippen LogP contribution in [-0.4, -0.2) is 18.6 Å². The summed E-state index contributed by atoms with van der Waals surface area (Å²) in [5.41, 5.74) is 1.46. The second-order valence-corrected chi connectivity index (χ2v) is 6.40. The van der Waals surface area contributed by atoms with Crippen molar-refractivity contribution in [3.05, 3.63) is 59.7 Å². The van der Waals surface area contributed by atoms with E-state index >= 15 is 0 Å². The number of aromatic nitrogens is 3. The van der Waals surface area contributed by atoms with Crippen LogP contribution >= 0.6 is 0 Å². The van der Waals surface area contributed by atoms with Crippen LogP contribution in [-0.2, 0) is 22.7 Å². The molecule has 23 heavy (non-hydrogen) atoms. The minimum absolute atomic E-state index is 0.0967. The first kappa shape index (κ1) is 15.7. The van der Waals surface area contributed by atoms with Crippen molar-refractivity contribution in [1.29, 1.82) is 0 Å². The van der Waals surface area contributed by atoms with Gasteiger partial charge in [-0.1, -0.05) is 6.07 Å². The molecule has 0 N–H and O–H groups in total. The van der Waals surface area contributed by atoms with Gasteiger partial charge < -0.3 is 4.40 Å². The molecule has 120 valence electrons. The molecule has 3 aromatic heterocycles. The Morgan fingerprint density at radius 1 is 1.22 bits per heavy atom. The SMILES string of the molecule is Cc1cccc2nc(C[S@@](=O)c3ccc(C(F)(F)F)cn3)cn12. The summed E-state index contributed by atoms with van der Waals surface area (Å²) in [6, 6.07) is 7.65. The van der Waals surface area contributed by atoms with Crippen LogP contribution in [0, 0.1) is 6.92 Å². The molecule has 0 spiro atoms. The van der Waals surface area contributed by atoms with Gasteiger partial charge in [-0.2, -0.15) is 13.2 Å². The maximum atomic E-state index is 12.5. The van der Waals surface area contributed by atoms with Gasteiger partial charge >= 0.3 is 6.18 Å². The first-order valence-corrected chi connectivity index (χ1v) is 8.02. The van der Waals surface area contributed by atoms with Crippen molar-refractivity contribution in [3.63, 3.8) is 0 Å². The second-order valence-electron chi connectivity index (χ2n) is 5.00. The molecule has 0 saturated carbocycles. The van der Waals surface area contributed by atoms with Crippen molar-refractivity contribution >= 4 is 16.4 Å². The van der Waals surface area contributed by atoms with Gasteiger partial charge in [0.1, 0.15) is 10.7 Å². The number of pyridine rings is 2. The van der Waals surface area contributed by atoms with Crippen molar-refractivity contribution in [2.75, 3.05) is 0 Å². The summed E-state index contributed by atoms with van der Waals surface area (Å²) >= 11 is 0. The molecule has 0 aromatic carbocycles. The summed E-state index contributed by atoms with van der Waals surface area (Å²) in [4.78, 5) is 8.02. The molecule has 0 aliphatic heterocycles. The van der Waals surface area contributed by atoms with Gasteiger partial charge in [-0.25, -0.2) is 9.97 Å². The van der Waals surface area contributed by atoms with Crippen molar-refractivity contribution in [3.8, 4) is 0 Å². The van der Waals surface area contributed by atoms with Gasteiger partial charge in [-0.3, -0.25) is 4.21 Å². The number of rotatable bonds is 3. The van der Waals surface area contributed by atoms with Crippen LogP contribution < -0.4 is 0 Å². The largest absolute Gasteiger partial charge is 0.417 e. The van der Waals surface area contributed by atoms with Gasteiger partial charge in [-0.05, 0) is 31.2 Å². The molecule has 0 aliphatic rings. The van der Waals surface area contributed by atoms with E-state index in [2.05, 4.69) is 9.97 Å². The summed E-state index contributed by atoms with van der Waals surface area (Å²) in [5.74, 6) is 0.0967. The average Bonchev–Trinajstić information content (AvgIpc) is 2.90. The summed E-state index contributed by atoms with van der Waals surface area (Å²) in [5, 5.41) is 0.103. The number of hydrogen-bond acceptors (Lipinski definition) is 3. The molecular formula is C15H12F3N3OS. The molecule has 3 aromatic rings. The molecule has 0 unspecified atom stereocenters. The lowest BCUT2D eigenvalue weighted by Gasteiger charge is -2.06. The fourth-order valence-electron chi connectivity index (χ4n) is 2.16. The highest BCUT2D eigenvalue weighted by atomic mass is 32.2. The molecule has 1 atom stereocenters. The summed E-state index contributed by atoms with van der Waals surface area (Å²) in [7, 11) is -1.56. The van der Waals surface area contributed by atoms with E-state index in [1.165, 1.54) is 0 Å². The summed E-state index contributed by atoms with van der Waals surface area (Å²) in [6.07, 6.45) is -1.99. The molecule has 0 saturated heterocycles. The van der Waals surface area contributed by atoms with E-state index in [0.29, 0.717) is 11.9 Å². The molecule has 0 aliphatic carbocycles. The smallest absolute Gasteiger partial charge is 0.304 e. The fraction of sp³-hybridized carbons (Fsp3) is 0.200. The highest BCUT2D eigenvalue weighted by Gasteiger charge is 2.30. The first-order valence-electron chi connectivity index (χ1n) is 6.70. The minimum Gasteiger partial charge on any atom is -0.304 e. The number of imidazole rings is 1. The number of fused-ring (bicyclic) bond motifs is 1. The van der Waals surface area contributed by atoms with Crippen LogP contribution in [0.4, 0.5) is 13.2 Å². The van der Waals surface area contributed by atoms with Gasteiger partial charge in [0.25, 0.3) is 0 Å². The van der Waals surface area contributed by atoms with Crippen LogP contribution in [0.1, 0.15) is 17.0 Å². The standard InChI is InChI=1S/C15H12F3N3OS/c1-10-3-2-4-13-20-12(8-21(10)13)9-23(22)14-6-5-11(7-19-14)15(16,17)18/h2-8H,9H2,1H3/t23-/m1/s1. The van der Waals surface area contributed by atoms with Gasteiger partial charge in [0.2, 0.25) is 0 Å². The predicted octanol–water partition coefficient (Wildman–Crippen LogP) is 3.36. The Balaban J connectivity index is 1.81. The van der Waals surface area contributed by atoms with E-state index in [4.69, 9.17) is 0 Å². The maximum absolute atomic E-state index is 12.5. The van der Waals surface area contributed by atoms with Crippen molar-refractivity contribution < 1.29 is 17.4 Å². The maximum Gasteiger partial charge on any atom is 0.417 e. The Hall–Kier alpha value is -2.22. The van der Waals surface area contributed by atoms with Crippen LogP contribution in [0.5, 0.6) is 0 Å². The van der Waals surface area contributed by atoms with E-state index in [-0.39, 0.29) is 10.8 Å². The quantitative estimate of drug-likeness (QED) is 0.735. The van der Waals surface area contributed by atoms with Crippen molar-refractivity contribution in [2.24, 2.45) is 0 Å². The van der Waals surface area contributed by atoms with E-state index < -0.39 is 22.5 Å².